The second-order valence-corrected chi connectivity index (χ2v) is 6.40. The third-order valence-electron chi connectivity index (χ3n) is 4.79. The molecule has 3 aromatic rings. The van der Waals surface area contributed by atoms with E-state index in [-0.39, 0.29) is 0 Å². The summed E-state index contributed by atoms with van der Waals surface area (Å²) in [7, 11) is 0. The Morgan fingerprint density at radius 1 is 1.08 bits per heavy atom. The Morgan fingerprint density at radius 3 is 2.88 bits per heavy atom. The van der Waals surface area contributed by atoms with Gasteiger partial charge in [0, 0.05) is 44.6 Å². The van der Waals surface area contributed by atoms with Crippen molar-refractivity contribution in [2.24, 2.45) is 0 Å². The highest BCUT2D eigenvalue weighted by molar-refractivity contribution is 5.83. The standard InChI is InChI=1S/C21H23N3O/c1-2-5-18-14-20(8-7-17(18)4-1)25-13-12-24-11-10-23-16-21(24)19-6-3-9-22-15-19/h1-9,14-15,21,23H,10-13,16H2. The van der Waals surface area contributed by atoms with Crippen LogP contribution in [0.1, 0.15) is 11.6 Å². The van der Waals surface area contributed by atoms with Crippen LogP contribution < -0.4 is 10.1 Å². The Balaban J connectivity index is 1.39. The van der Waals surface area contributed by atoms with Gasteiger partial charge in [-0.3, -0.25) is 9.88 Å². The predicted octanol–water partition coefficient (Wildman–Crippen LogP) is 3.26. The average molecular weight is 333 g/mol. The van der Waals surface area contributed by atoms with Crippen LogP contribution >= 0.6 is 0 Å². The van der Waals surface area contributed by atoms with Crippen molar-refractivity contribution in [3.8, 4) is 5.75 Å². The predicted molar refractivity (Wildman–Crippen MR) is 101 cm³/mol. The van der Waals surface area contributed by atoms with E-state index in [1.807, 2.05) is 18.5 Å². The fourth-order valence-corrected chi connectivity index (χ4v) is 3.45. The van der Waals surface area contributed by atoms with Crippen molar-refractivity contribution in [3.63, 3.8) is 0 Å². The molecule has 128 valence electrons. The molecule has 1 aliphatic heterocycles. The molecule has 0 saturated carbocycles. The van der Waals surface area contributed by atoms with E-state index in [9.17, 15) is 0 Å². The molecule has 1 aliphatic rings. The van der Waals surface area contributed by atoms with E-state index < -0.39 is 0 Å². The number of aromatic nitrogens is 1. The van der Waals surface area contributed by atoms with Crippen LogP contribution in [-0.4, -0.2) is 42.7 Å². The lowest BCUT2D eigenvalue weighted by molar-refractivity contribution is 0.134. The first kappa shape index (κ1) is 16.1. The number of rotatable bonds is 5. The first-order valence-corrected chi connectivity index (χ1v) is 8.86. The van der Waals surface area contributed by atoms with Crippen LogP contribution in [0.2, 0.25) is 0 Å². The number of nitrogens with zero attached hydrogens (tertiary/aromatic N) is 2. The molecule has 0 spiro atoms. The van der Waals surface area contributed by atoms with Gasteiger partial charge in [0.15, 0.2) is 0 Å². The summed E-state index contributed by atoms with van der Waals surface area (Å²) in [5.74, 6) is 0.937. The van der Waals surface area contributed by atoms with Gasteiger partial charge in [-0.05, 0) is 34.5 Å². The van der Waals surface area contributed by atoms with Crippen LogP contribution in [0, 0.1) is 0 Å². The van der Waals surface area contributed by atoms with E-state index in [1.165, 1.54) is 16.3 Å². The number of hydrogen-bond acceptors (Lipinski definition) is 4. The third-order valence-corrected chi connectivity index (χ3v) is 4.79. The van der Waals surface area contributed by atoms with Crippen molar-refractivity contribution in [2.75, 3.05) is 32.8 Å². The van der Waals surface area contributed by atoms with E-state index in [0.29, 0.717) is 12.6 Å². The summed E-state index contributed by atoms with van der Waals surface area (Å²) in [4.78, 5) is 6.75. The molecule has 0 aliphatic carbocycles. The van der Waals surface area contributed by atoms with E-state index in [4.69, 9.17) is 4.74 Å². The van der Waals surface area contributed by atoms with Gasteiger partial charge in [0.05, 0.1) is 0 Å². The number of ether oxygens (including phenoxy) is 1. The molecule has 4 heteroatoms. The lowest BCUT2D eigenvalue weighted by atomic mass is 10.1. The largest absolute Gasteiger partial charge is 0.492 e. The monoisotopic (exact) mass is 333 g/mol. The van der Waals surface area contributed by atoms with Crippen molar-refractivity contribution in [1.82, 2.24) is 15.2 Å². The smallest absolute Gasteiger partial charge is 0.120 e. The van der Waals surface area contributed by atoms with Crippen molar-refractivity contribution >= 4 is 10.8 Å². The highest BCUT2D eigenvalue weighted by atomic mass is 16.5. The molecule has 4 rings (SSSR count). The van der Waals surface area contributed by atoms with Gasteiger partial charge < -0.3 is 10.1 Å². The fraction of sp³-hybridized carbons (Fsp3) is 0.286. The highest BCUT2D eigenvalue weighted by Gasteiger charge is 2.23. The molecule has 1 unspecified atom stereocenters. The molecule has 0 amide bonds. The minimum absolute atomic E-state index is 0.364. The number of fused-ring (bicyclic) bond motifs is 1. The van der Waals surface area contributed by atoms with Crippen LogP contribution in [0.15, 0.2) is 67.0 Å². The van der Waals surface area contributed by atoms with Crippen molar-refractivity contribution in [1.29, 1.82) is 0 Å². The average Bonchev–Trinajstić information content (AvgIpc) is 2.69. The van der Waals surface area contributed by atoms with Gasteiger partial charge in [-0.1, -0.05) is 36.4 Å². The molecule has 0 radical (unpaired) electrons. The first-order chi connectivity index (χ1) is 12.4. The molecule has 25 heavy (non-hydrogen) atoms. The van der Waals surface area contributed by atoms with Gasteiger partial charge >= 0.3 is 0 Å². The quantitative estimate of drug-likeness (QED) is 0.778. The molecular weight excluding hydrogens is 310 g/mol. The zero-order chi connectivity index (χ0) is 16.9. The number of pyridine rings is 1. The molecule has 2 aromatic carbocycles. The van der Waals surface area contributed by atoms with E-state index in [1.54, 1.807) is 0 Å². The molecule has 1 atom stereocenters. The molecule has 4 nitrogen and oxygen atoms in total. The fourth-order valence-electron chi connectivity index (χ4n) is 3.45. The van der Waals surface area contributed by atoms with Gasteiger partial charge in [-0.2, -0.15) is 0 Å². The zero-order valence-corrected chi connectivity index (χ0v) is 14.3. The maximum Gasteiger partial charge on any atom is 0.120 e. The Labute approximate surface area is 148 Å². The van der Waals surface area contributed by atoms with Crippen LogP contribution in [0.3, 0.4) is 0 Å². The second kappa shape index (κ2) is 7.64. The Morgan fingerprint density at radius 2 is 2.00 bits per heavy atom. The molecule has 1 fully saturated rings. The minimum Gasteiger partial charge on any atom is -0.492 e. The topological polar surface area (TPSA) is 37.4 Å². The highest BCUT2D eigenvalue weighted by Crippen LogP contribution is 2.22. The summed E-state index contributed by atoms with van der Waals surface area (Å²) in [6.45, 7) is 4.61. The SMILES string of the molecule is c1cncc(C2CNCCN2CCOc2ccc3ccccc3c2)c1. The lowest BCUT2D eigenvalue weighted by Crippen LogP contribution is -2.47. The van der Waals surface area contributed by atoms with Crippen molar-refractivity contribution in [2.45, 2.75) is 6.04 Å². The number of piperazine rings is 1. The summed E-state index contributed by atoms with van der Waals surface area (Å²) in [6, 6.07) is 19.2. The van der Waals surface area contributed by atoms with Crippen LogP contribution in [0.4, 0.5) is 0 Å². The van der Waals surface area contributed by atoms with Gasteiger partial charge in [-0.25, -0.2) is 0 Å². The van der Waals surface area contributed by atoms with Crippen LogP contribution in [-0.2, 0) is 0 Å². The summed E-state index contributed by atoms with van der Waals surface area (Å²) < 4.78 is 6.02. The maximum atomic E-state index is 6.02. The number of nitrogens with one attached hydrogen (secondary N) is 1. The molecule has 0 bridgehead atoms. The molecule has 1 saturated heterocycles. The Hall–Kier alpha value is -2.43. The van der Waals surface area contributed by atoms with Gasteiger partial charge in [0.1, 0.15) is 12.4 Å². The molecule has 1 aromatic heterocycles. The van der Waals surface area contributed by atoms with E-state index >= 15 is 0 Å². The summed E-state index contributed by atoms with van der Waals surface area (Å²) in [5.41, 5.74) is 1.26. The van der Waals surface area contributed by atoms with Gasteiger partial charge in [0.2, 0.25) is 0 Å². The Kier molecular flexibility index (Phi) is 4.91. The van der Waals surface area contributed by atoms with E-state index in [2.05, 4.69) is 63.7 Å². The zero-order valence-electron chi connectivity index (χ0n) is 14.3. The van der Waals surface area contributed by atoms with Crippen molar-refractivity contribution in [3.05, 3.63) is 72.6 Å². The summed E-state index contributed by atoms with van der Waals surface area (Å²) in [5, 5.41) is 5.94. The number of hydrogen-bond donors (Lipinski definition) is 1. The normalized spacial score (nSPS) is 18.3. The first-order valence-electron chi connectivity index (χ1n) is 8.86. The van der Waals surface area contributed by atoms with Gasteiger partial charge in [0.25, 0.3) is 0 Å². The number of benzene rings is 2. The summed E-state index contributed by atoms with van der Waals surface area (Å²) >= 11 is 0. The minimum atomic E-state index is 0.364. The maximum absolute atomic E-state index is 6.02. The van der Waals surface area contributed by atoms with Crippen LogP contribution in [0.5, 0.6) is 5.75 Å². The Bertz CT molecular complexity index is 821. The van der Waals surface area contributed by atoms with Crippen LogP contribution in [0.25, 0.3) is 10.8 Å². The molecule has 1 N–H and O–H groups in total. The molecular formula is C21H23N3O. The van der Waals surface area contributed by atoms with Crippen molar-refractivity contribution < 1.29 is 4.74 Å². The summed E-state index contributed by atoms with van der Waals surface area (Å²) in [6.07, 6.45) is 3.79. The van der Waals surface area contributed by atoms with Gasteiger partial charge in [-0.15, -0.1) is 0 Å². The third kappa shape index (κ3) is 3.81. The molecule has 2 heterocycles. The van der Waals surface area contributed by atoms with E-state index in [0.717, 1.165) is 31.9 Å². The lowest BCUT2D eigenvalue weighted by Gasteiger charge is -2.36. The second-order valence-electron chi connectivity index (χ2n) is 6.40.